The molecule has 8 aromatic rings. The van der Waals surface area contributed by atoms with Gasteiger partial charge in [0.2, 0.25) is 0 Å². The van der Waals surface area contributed by atoms with Crippen LogP contribution in [0.2, 0.25) is 0 Å². The molecule has 0 atom stereocenters. The molecule has 11 rings (SSSR count). The SMILES string of the molecule is CC(C)c1cccc(C(C)C)c1N1C(=O)c2ccc3c4cccc5c(-c6ccc7c8c(cccc68)C(=O)N(C6CCCCC6)C7=O)ccc(c6ccc(c2c36)C1=O)c54. The minimum absolute atomic E-state index is 0.0553. The highest BCUT2D eigenvalue weighted by Crippen LogP contribution is 2.48. The molecule has 6 heteroatoms. The monoisotopic (exact) mass is 758 g/mol. The summed E-state index contributed by atoms with van der Waals surface area (Å²) in [6.45, 7) is 8.40. The van der Waals surface area contributed by atoms with E-state index >= 15 is 0 Å². The normalized spacial score (nSPS) is 16.2. The van der Waals surface area contributed by atoms with Crippen molar-refractivity contribution in [3.8, 4) is 11.1 Å². The van der Waals surface area contributed by atoms with Crippen molar-refractivity contribution in [1.29, 1.82) is 0 Å². The molecule has 0 unspecified atom stereocenters. The number of carbonyl (C=O) groups excluding carboxylic acids is 4. The van der Waals surface area contributed by atoms with Crippen LogP contribution in [-0.4, -0.2) is 34.6 Å². The molecular formula is C52H42N2O4. The van der Waals surface area contributed by atoms with Crippen molar-refractivity contribution in [3.05, 3.63) is 137 Å². The third kappa shape index (κ3) is 4.60. The summed E-state index contributed by atoms with van der Waals surface area (Å²) in [6.07, 6.45) is 4.93. The molecule has 0 spiro atoms. The molecule has 4 amide bonds. The summed E-state index contributed by atoms with van der Waals surface area (Å²) >= 11 is 0. The number of hydrogen-bond acceptors (Lipinski definition) is 4. The van der Waals surface area contributed by atoms with Gasteiger partial charge < -0.3 is 0 Å². The highest BCUT2D eigenvalue weighted by molar-refractivity contribution is 6.43. The van der Waals surface area contributed by atoms with E-state index in [1.165, 1.54) is 4.90 Å². The number of nitrogens with zero attached hydrogens (tertiary/aromatic N) is 2. The van der Waals surface area contributed by atoms with Gasteiger partial charge in [-0.3, -0.25) is 24.1 Å². The molecular weight excluding hydrogens is 717 g/mol. The Labute approximate surface area is 336 Å². The summed E-state index contributed by atoms with van der Waals surface area (Å²) in [5.41, 5.74) is 6.89. The van der Waals surface area contributed by atoms with E-state index in [0.717, 1.165) is 103 Å². The van der Waals surface area contributed by atoms with Crippen molar-refractivity contribution < 1.29 is 19.2 Å². The maximum atomic E-state index is 14.7. The van der Waals surface area contributed by atoms with E-state index in [4.69, 9.17) is 0 Å². The Bertz CT molecular complexity index is 3030. The Kier molecular flexibility index (Phi) is 7.53. The van der Waals surface area contributed by atoms with E-state index in [2.05, 4.69) is 70.2 Å². The third-order valence-corrected chi connectivity index (χ3v) is 13.4. The molecule has 2 aliphatic heterocycles. The van der Waals surface area contributed by atoms with Gasteiger partial charge in [0.1, 0.15) is 0 Å². The van der Waals surface area contributed by atoms with Crippen LogP contribution in [0.4, 0.5) is 5.69 Å². The lowest BCUT2D eigenvalue weighted by molar-refractivity contribution is 0.0502. The Morgan fingerprint density at radius 1 is 0.414 bits per heavy atom. The number of rotatable bonds is 5. The Morgan fingerprint density at radius 2 is 0.845 bits per heavy atom. The molecule has 284 valence electrons. The van der Waals surface area contributed by atoms with Crippen LogP contribution in [-0.2, 0) is 0 Å². The van der Waals surface area contributed by atoms with Gasteiger partial charge in [-0.15, -0.1) is 0 Å². The van der Waals surface area contributed by atoms with Crippen LogP contribution in [0.15, 0.2) is 103 Å². The second kappa shape index (κ2) is 12.5. The third-order valence-electron chi connectivity index (χ3n) is 13.4. The average Bonchev–Trinajstić information content (AvgIpc) is 3.24. The molecule has 6 nitrogen and oxygen atoms in total. The van der Waals surface area contributed by atoms with E-state index in [0.29, 0.717) is 33.3 Å². The Morgan fingerprint density at radius 3 is 1.45 bits per heavy atom. The number of benzene rings is 8. The molecule has 0 saturated heterocycles. The fourth-order valence-electron chi connectivity index (χ4n) is 10.7. The van der Waals surface area contributed by atoms with Gasteiger partial charge in [0.15, 0.2) is 0 Å². The fourth-order valence-corrected chi connectivity index (χ4v) is 10.7. The zero-order valence-electron chi connectivity index (χ0n) is 33.1. The summed E-state index contributed by atoms with van der Waals surface area (Å²) in [5, 5.41) is 9.44. The largest absolute Gasteiger partial charge is 0.271 e. The lowest BCUT2D eigenvalue weighted by Crippen LogP contribution is -2.47. The summed E-state index contributed by atoms with van der Waals surface area (Å²) in [7, 11) is 0. The first-order chi connectivity index (χ1) is 28.2. The van der Waals surface area contributed by atoms with Crippen LogP contribution in [0.3, 0.4) is 0 Å². The van der Waals surface area contributed by atoms with Gasteiger partial charge in [0.05, 0.1) is 5.69 Å². The highest BCUT2D eigenvalue weighted by atomic mass is 16.2. The van der Waals surface area contributed by atoms with Gasteiger partial charge in [-0.2, -0.15) is 0 Å². The quantitative estimate of drug-likeness (QED) is 0.0995. The molecule has 0 aromatic heterocycles. The van der Waals surface area contributed by atoms with E-state index in [1.54, 1.807) is 4.90 Å². The second-order valence-corrected chi connectivity index (χ2v) is 17.2. The van der Waals surface area contributed by atoms with Crippen LogP contribution >= 0.6 is 0 Å². The summed E-state index contributed by atoms with van der Waals surface area (Å²) in [6, 6.07) is 34.4. The van der Waals surface area contributed by atoms with Crippen molar-refractivity contribution >= 4 is 83.2 Å². The maximum Gasteiger partial charge on any atom is 0.266 e. The molecule has 8 aromatic carbocycles. The first-order valence-electron chi connectivity index (χ1n) is 20.8. The standard InChI is InChI=1S/C52H42N2O4/c1-27(2)30-13-8-14-31(28(3)4)48(30)54-51(57)42-25-22-38-36-17-9-15-34-32(19-21-37(44(34)36)39-23-26-43(52(54)58)47(42)46(38)39)33-20-24-41-45-35(33)16-10-18-40(45)49(55)53(50(41)56)29-11-6-5-7-12-29/h8-10,13-29H,5-7,11-12H2,1-4H3. The van der Waals surface area contributed by atoms with Gasteiger partial charge in [0, 0.05) is 39.1 Å². The number of amides is 4. The topological polar surface area (TPSA) is 74.8 Å². The number of carbonyl (C=O) groups is 4. The van der Waals surface area contributed by atoms with Crippen molar-refractivity contribution in [2.45, 2.75) is 77.7 Å². The minimum atomic E-state index is -0.294. The second-order valence-electron chi connectivity index (χ2n) is 17.2. The first-order valence-corrected chi connectivity index (χ1v) is 20.8. The maximum absolute atomic E-state index is 14.7. The molecule has 1 saturated carbocycles. The van der Waals surface area contributed by atoms with Gasteiger partial charge in [-0.05, 0) is 114 Å². The summed E-state index contributed by atoms with van der Waals surface area (Å²) < 4.78 is 0. The Balaban J connectivity index is 1.10. The van der Waals surface area contributed by atoms with Crippen LogP contribution < -0.4 is 4.90 Å². The molecule has 1 aliphatic carbocycles. The van der Waals surface area contributed by atoms with E-state index in [1.807, 2.05) is 60.7 Å². The van der Waals surface area contributed by atoms with Gasteiger partial charge in [0.25, 0.3) is 23.6 Å². The van der Waals surface area contributed by atoms with Crippen molar-refractivity contribution in [3.63, 3.8) is 0 Å². The zero-order chi connectivity index (χ0) is 39.7. The van der Waals surface area contributed by atoms with E-state index in [9.17, 15) is 19.2 Å². The zero-order valence-corrected chi connectivity index (χ0v) is 33.1. The van der Waals surface area contributed by atoms with Crippen molar-refractivity contribution in [1.82, 2.24) is 4.90 Å². The average molecular weight is 759 g/mol. The van der Waals surface area contributed by atoms with Gasteiger partial charge in [-0.25, -0.2) is 4.90 Å². The van der Waals surface area contributed by atoms with Crippen LogP contribution in [0, 0.1) is 0 Å². The minimum Gasteiger partial charge on any atom is -0.271 e. The number of anilines is 1. The fraction of sp³-hybridized carbons (Fsp3) is 0.231. The van der Waals surface area contributed by atoms with Crippen LogP contribution in [0.25, 0.3) is 65.0 Å². The molecule has 0 bridgehead atoms. The van der Waals surface area contributed by atoms with Crippen molar-refractivity contribution in [2.75, 3.05) is 4.90 Å². The first kappa shape index (κ1) is 34.8. The smallest absolute Gasteiger partial charge is 0.266 e. The molecule has 58 heavy (non-hydrogen) atoms. The van der Waals surface area contributed by atoms with Crippen molar-refractivity contribution in [2.24, 2.45) is 0 Å². The number of para-hydroxylation sites is 1. The molecule has 1 fully saturated rings. The number of imide groups is 2. The summed E-state index contributed by atoms with van der Waals surface area (Å²) in [4.78, 5) is 60.5. The lowest BCUT2D eigenvalue weighted by Gasteiger charge is -2.36. The van der Waals surface area contributed by atoms with E-state index < -0.39 is 0 Å². The van der Waals surface area contributed by atoms with Gasteiger partial charge >= 0.3 is 0 Å². The Hall–Kier alpha value is -6.40. The predicted molar refractivity (Wildman–Crippen MR) is 234 cm³/mol. The molecule has 3 aliphatic rings. The molecule has 0 radical (unpaired) electrons. The molecule has 2 heterocycles. The number of fused-ring (bicyclic) bond motifs is 2. The molecule has 0 N–H and O–H groups in total. The van der Waals surface area contributed by atoms with Crippen LogP contribution in [0.1, 0.15) is 124 Å². The highest BCUT2D eigenvalue weighted by Gasteiger charge is 2.40. The van der Waals surface area contributed by atoms with Crippen LogP contribution in [0.5, 0.6) is 0 Å². The summed E-state index contributed by atoms with van der Waals surface area (Å²) in [5.74, 6) is -0.738. The lowest BCUT2D eigenvalue weighted by atomic mass is 9.82. The van der Waals surface area contributed by atoms with Gasteiger partial charge in [-0.1, -0.05) is 126 Å². The van der Waals surface area contributed by atoms with E-state index in [-0.39, 0.29) is 41.5 Å². The number of hydrogen-bond donors (Lipinski definition) is 0. The predicted octanol–water partition coefficient (Wildman–Crippen LogP) is 12.5.